The van der Waals surface area contributed by atoms with Crippen molar-refractivity contribution >= 4 is 5.69 Å². The summed E-state index contributed by atoms with van der Waals surface area (Å²) in [4.78, 5) is 2.25. The van der Waals surface area contributed by atoms with E-state index in [1.165, 1.54) is 12.1 Å². The molecule has 2 aromatic rings. The first kappa shape index (κ1) is 17.6. The molecule has 1 saturated carbocycles. The van der Waals surface area contributed by atoms with Gasteiger partial charge in [-0.25, -0.2) is 0 Å². The molecule has 1 aliphatic carbocycles. The lowest BCUT2D eigenvalue weighted by atomic mass is 9.75. The molecule has 0 bridgehead atoms. The maximum absolute atomic E-state index is 12.2. The summed E-state index contributed by atoms with van der Waals surface area (Å²) in [6.07, 6.45) is -2.69. The topological polar surface area (TPSA) is 38.5 Å². The summed E-state index contributed by atoms with van der Waals surface area (Å²) in [6, 6.07) is 14.8. The zero-order valence-electron chi connectivity index (χ0n) is 14.0. The number of ether oxygens (including phenoxy) is 1. The molecular weight excluding hydrogens is 329 g/mol. The monoisotopic (exact) mass is 350 g/mol. The molecule has 0 aliphatic heterocycles. The molecule has 25 heavy (non-hydrogen) atoms. The van der Waals surface area contributed by atoms with Crippen LogP contribution in [0.4, 0.5) is 18.9 Å². The van der Waals surface area contributed by atoms with Gasteiger partial charge < -0.3 is 15.4 Å². The van der Waals surface area contributed by atoms with Crippen molar-refractivity contribution in [2.45, 2.75) is 37.7 Å². The minimum atomic E-state index is -4.65. The number of anilines is 1. The van der Waals surface area contributed by atoms with Crippen molar-refractivity contribution in [3.63, 3.8) is 0 Å². The lowest BCUT2D eigenvalue weighted by Crippen LogP contribution is -2.41. The van der Waals surface area contributed by atoms with E-state index in [4.69, 9.17) is 5.73 Å². The van der Waals surface area contributed by atoms with Gasteiger partial charge in [-0.1, -0.05) is 24.3 Å². The van der Waals surface area contributed by atoms with Gasteiger partial charge in [0.2, 0.25) is 0 Å². The highest BCUT2D eigenvalue weighted by Crippen LogP contribution is 2.41. The molecule has 0 unspecified atom stereocenters. The molecule has 1 fully saturated rings. The van der Waals surface area contributed by atoms with Gasteiger partial charge >= 0.3 is 6.36 Å². The Morgan fingerprint density at radius 2 is 1.64 bits per heavy atom. The molecule has 6 heteroatoms. The van der Waals surface area contributed by atoms with E-state index in [-0.39, 0.29) is 5.75 Å². The second-order valence-electron chi connectivity index (χ2n) is 6.42. The van der Waals surface area contributed by atoms with Gasteiger partial charge in [0.1, 0.15) is 5.75 Å². The van der Waals surface area contributed by atoms with Gasteiger partial charge in [0.15, 0.2) is 0 Å². The molecule has 0 amide bonds. The Bertz CT molecular complexity index is 692. The standard InChI is InChI=1S/C19H21F3N2O/c1-24(16-6-2-13(12-23)3-7-16)17-10-15(11-17)14-4-8-18(9-5-14)25-19(20,21)22/h2-9,15,17H,10-12,23H2,1H3. The van der Waals surface area contributed by atoms with Crippen LogP contribution in [0.25, 0.3) is 0 Å². The molecule has 2 N–H and O–H groups in total. The predicted octanol–water partition coefficient (Wildman–Crippen LogP) is 4.43. The van der Waals surface area contributed by atoms with Gasteiger partial charge in [-0.2, -0.15) is 0 Å². The van der Waals surface area contributed by atoms with Gasteiger partial charge in [0.05, 0.1) is 0 Å². The van der Waals surface area contributed by atoms with Crippen LogP contribution >= 0.6 is 0 Å². The molecule has 0 heterocycles. The summed E-state index contributed by atoms with van der Waals surface area (Å²) in [6.45, 7) is 0.531. The van der Waals surface area contributed by atoms with Crippen molar-refractivity contribution in [2.75, 3.05) is 11.9 Å². The van der Waals surface area contributed by atoms with Crippen LogP contribution in [0.1, 0.15) is 29.9 Å². The average Bonchev–Trinajstić information content (AvgIpc) is 2.53. The van der Waals surface area contributed by atoms with Gasteiger partial charge in [-0.05, 0) is 54.2 Å². The van der Waals surface area contributed by atoms with E-state index in [0.717, 1.165) is 29.7 Å². The summed E-state index contributed by atoms with van der Waals surface area (Å²) in [5.74, 6) is 0.194. The van der Waals surface area contributed by atoms with E-state index < -0.39 is 6.36 Å². The third-order valence-electron chi connectivity index (χ3n) is 4.83. The highest BCUT2D eigenvalue weighted by atomic mass is 19.4. The lowest BCUT2D eigenvalue weighted by Gasteiger charge is -2.42. The molecule has 0 spiro atoms. The fourth-order valence-corrected chi connectivity index (χ4v) is 3.20. The zero-order chi connectivity index (χ0) is 18.0. The number of hydrogen-bond donors (Lipinski definition) is 1. The SMILES string of the molecule is CN(c1ccc(CN)cc1)C1CC(c2ccc(OC(F)(F)F)cc2)C1. The van der Waals surface area contributed by atoms with Crippen LogP contribution in [0.15, 0.2) is 48.5 Å². The van der Waals surface area contributed by atoms with Crippen molar-refractivity contribution < 1.29 is 17.9 Å². The first-order valence-corrected chi connectivity index (χ1v) is 8.23. The fourth-order valence-electron chi connectivity index (χ4n) is 3.20. The van der Waals surface area contributed by atoms with Crippen molar-refractivity contribution in [3.05, 3.63) is 59.7 Å². The Kier molecular flexibility index (Phi) is 4.90. The second-order valence-corrected chi connectivity index (χ2v) is 6.42. The maximum atomic E-state index is 12.2. The molecule has 2 aromatic carbocycles. The number of halogens is 3. The van der Waals surface area contributed by atoms with Gasteiger partial charge in [-0.15, -0.1) is 13.2 Å². The van der Waals surface area contributed by atoms with E-state index >= 15 is 0 Å². The number of nitrogens with two attached hydrogens (primary N) is 1. The molecule has 3 rings (SSSR count). The molecule has 1 aliphatic rings. The van der Waals surface area contributed by atoms with E-state index in [1.54, 1.807) is 12.1 Å². The fraction of sp³-hybridized carbons (Fsp3) is 0.368. The Hall–Kier alpha value is -2.21. The molecule has 0 atom stereocenters. The smallest absolute Gasteiger partial charge is 0.406 e. The van der Waals surface area contributed by atoms with Crippen LogP contribution < -0.4 is 15.4 Å². The van der Waals surface area contributed by atoms with Crippen LogP contribution in [0.5, 0.6) is 5.75 Å². The lowest BCUT2D eigenvalue weighted by molar-refractivity contribution is -0.274. The normalized spacial score (nSPS) is 20.0. The Labute approximate surface area is 145 Å². The Balaban J connectivity index is 1.56. The largest absolute Gasteiger partial charge is 0.573 e. The van der Waals surface area contributed by atoms with E-state index in [0.29, 0.717) is 18.5 Å². The summed E-state index contributed by atoms with van der Waals surface area (Å²) < 4.78 is 40.5. The minimum Gasteiger partial charge on any atom is -0.406 e. The third-order valence-corrected chi connectivity index (χ3v) is 4.83. The van der Waals surface area contributed by atoms with Crippen LogP contribution in [0.2, 0.25) is 0 Å². The predicted molar refractivity (Wildman–Crippen MR) is 91.6 cm³/mol. The van der Waals surface area contributed by atoms with Crippen LogP contribution in [-0.2, 0) is 6.54 Å². The van der Waals surface area contributed by atoms with Gasteiger partial charge in [0.25, 0.3) is 0 Å². The molecule has 134 valence electrons. The highest BCUT2D eigenvalue weighted by molar-refractivity contribution is 5.49. The average molecular weight is 350 g/mol. The number of alkyl halides is 3. The quantitative estimate of drug-likeness (QED) is 0.867. The Morgan fingerprint density at radius 1 is 1.04 bits per heavy atom. The molecule has 0 aromatic heterocycles. The van der Waals surface area contributed by atoms with E-state index in [2.05, 4.69) is 28.8 Å². The molecule has 0 saturated heterocycles. The molecule has 3 nitrogen and oxygen atoms in total. The summed E-state index contributed by atoms with van der Waals surface area (Å²) in [7, 11) is 2.07. The van der Waals surface area contributed by atoms with E-state index in [9.17, 15) is 13.2 Å². The first-order chi connectivity index (χ1) is 11.9. The van der Waals surface area contributed by atoms with Gasteiger partial charge in [-0.3, -0.25) is 0 Å². The van der Waals surface area contributed by atoms with E-state index in [1.807, 2.05) is 12.1 Å². The van der Waals surface area contributed by atoms with Crippen molar-refractivity contribution in [3.8, 4) is 5.75 Å². The van der Waals surface area contributed by atoms with Crippen LogP contribution in [-0.4, -0.2) is 19.5 Å². The van der Waals surface area contributed by atoms with Crippen molar-refractivity contribution in [1.82, 2.24) is 0 Å². The number of rotatable bonds is 5. The summed E-state index contributed by atoms with van der Waals surface area (Å²) >= 11 is 0. The van der Waals surface area contributed by atoms with Crippen molar-refractivity contribution in [2.24, 2.45) is 5.73 Å². The molecular formula is C19H21F3N2O. The number of hydrogen-bond acceptors (Lipinski definition) is 3. The molecule has 0 radical (unpaired) electrons. The number of benzene rings is 2. The minimum absolute atomic E-state index is 0.177. The zero-order valence-corrected chi connectivity index (χ0v) is 14.0. The van der Waals surface area contributed by atoms with Crippen LogP contribution in [0.3, 0.4) is 0 Å². The number of nitrogens with zero attached hydrogens (tertiary/aromatic N) is 1. The summed E-state index contributed by atoms with van der Waals surface area (Å²) in [5, 5.41) is 0. The first-order valence-electron chi connectivity index (χ1n) is 8.23. The second kappa shape index (κ2) is 6.96. The van der Waals surface area contributed by atoms with Crippen LogP contribution in [0, 0.1) is 0 Å². The Morgan fingerprint density at radius 3 is 2.16 bits per heavy atom. The van der Waals surface area contributed by atoms with Crippen molar-refractivity contribution in [1.29, 1.82) is 0 Å². The highest BCUT2D eigenvalue weighted by Gasteiger charge is 2.34. The van der Waals surface area contributed by atoms with Gasteiger partial charge in [0, 0.05) is 25.3 Å². The third kappa shape index (κ3) is 4.25. The summed E-state index contributed by atoms with van der Waals surface area (Å²) in [5.41, 5.74) is 8.92. The maximum Gasteiger partial charge on any atom is 0.573 e.